The van der Waals surface area contributed by atoms with Crippen LogP contribution < -0.4 is 4.74 Å². The Bertz CT molecular complexity index is 466. The highest BCUT2D eigenvalue weighted by atomic mass is 19.2. The number of carboxylic acid groups (broad SMARTS) is 1. The van der Waals surface area contributed by atoms with Crippen LogP contribution in [0.5, 0.6) is 5.75 Å². The van der Waals surface area contributed by atoms with E-state index in [1.54, 1.807) is 0 Å². The van der Waals surface area contributed by atoms with Gasteiger partial charge >= 0.3 is 5.97 Å². The summed E-state index contributed by atoms with van der Waals surface area (Å²) in [4.78, 5) is 10.2. The molecule has 110 valence electrons. The quantitative estimate of drug-likeness (QED) is 0.919. The number of carboxylic acids is 1. The molecule has 5 heteroatoms. The number of hydrogen-bond acceptors (Lipinski definition) is 2. The molecule has 0 aromatic heterocycles. The minimum absolute atomic E-state index is 0.0185. The maximum Gasteiger partial charge on any atom is 0.306 e. The summed E-state index contributed by atoms with van der Waals surface area (Å²) in [7, 11) is 0. The maximum atomic E-state index is 12.9. The van der Waals surface area contributed by atoms with Crippen LogP contribution in [-0.4, -0.2) is 17.2 Å². The molecular formula is C15H18F2O3. The average molecular weight is 284 g/mol. The Hall–Kier alpha value is -1.65. The largest absolute Gasteiger partial charge is 0.487 e. The van der Waals surface area contributed by atoms with Gasteiger partial charge < -0.3 is 9.84 Å². The van der Waals surface area contributed by atoms with E-state index >= 15 is 0 Å². The van der Waals surface area contributed by atoms with Crippen LogP contribution in [0.4, 0.5) is 8.78 Å². The van der Waals surface area contributed by atoms with Crippen LogP contribution in [0.1, 0.15) is 38.5 Å². The molecule has 1 aromatic carbocycles. The summed E-state index contributed by atoms with van der Waals surface area (Å²) in [5.41, 5.74) is 0. The number of carbonyl (C=O) groups is 1. The first kappa shape index (κ1) is 14.8. The molecule has 2 aliphatic rings. The number of ether oxygens (including phenoxy) is 1. The SMILES string of the molecule is Fc1cccc(OC2CC2)c1F.O=C(O)C1CCCC1. The Morgan fingerprint density at radius 1 is 1.15 bits per heavy atom. The second-order valence-corrected chi connectivity index (χ2v) is 5.19. The van der Waals surface area contributed by atoms with Crippen LogP contribution in [0.3, 0.4) is 0 Å². The number of aliphatic carboxylic acids is 1. The summed E-state index contributed by atoms with van der Waals surface area (Å²) in [6.45, 7) is 0. The van der Waals surface area contributed by atoms with E-state index in [-0.39, 0.29) is 17.8 Å². The first-order chi connectivity index (χ1) is 9.58. The minimum atomic E-state index is -0.885. The fourth-order valence-electron chi connectivity index (χ4n) is 2.11. The average Bonchev–Trinajstić information content (AvgIpc) is 3.06. The van der Waals surface area contributed by atoms with Crippen molar-refractivity contribution in [3.05, 3.63) is 29.8 Å². The van der Waals surface area contributed by atoms with Crippen LogP contribution >= 0.6 is 0 Å². The van der Waals surface area contributed by atoms with Crippen molar-refractivity contribution in [2.75, 3.05) is 0 Å². The molecule has 3 rings (SSSR count). The van der Waals surface area contributed by atoms with Gasteiger partial charge in [0.1, 0.15) is 0 Å². The van der Waals surface area contributed by atoms with Gasteiger partial charge in [-0.3, -0.25) is 4.79 Å². The molecule has 2 fully saturated rings. The van der Waals surface area contributed by atoms with Gasteiger partial charge in [-0.15, -0.1) is 0 Å². The summed E-state index contributed by atoms with van der Waals surface area (Å²) in [5, 5.41) is 8.41. The molecular weight excluding hydrogens is 266 g/mol. The van der Waals surface area contributed by atoms with E-state index in [1.165, 1.54) is 12.1 Å². The molecule has 0 amide bonds. The third-order valence-corrected chi connectivity index (χ3v) is 3.44. The molecule has 2 saturated carbocycles. The van der Waals surface area contributed by atoms with Gasteiger partial charge in [0.15, 0.2) is 11.6 Å². The van der Waals surface area contributed by atoms with Crippen LogP contribution in [0, 0.1) is 17.6 Å². The zero-order chi connectivity index (χ0) is 14.5. The number of benzene rings is 1. The van der Waals surface area contributed by atoms with Crippen molar-refractivity contribution in [1.29, 1.82) is 0 Å². The summed E-state index contributed by atoms with van der Waals surface area (Å²) in [6, 6.07) is 3.96. The third-order valence-electron chi connectivity index (χ3n) is 3.44. The topological polar surface area (TPSA) is 46.5 Å². The van der Waals surface area contributed by atoms with Crippen molar-refractivity contribution in [1.82, 2.24) is 0 Å². The van der Waals surface area contributed by atoms with E-state index in [4.69, 9.17) is 9.84 Å². The molecule has 0 saturated heterocycles. The molecule has 2 aliphatic carbocycles. The van der Waals surface area contributed by atoms with Crippen LogP contribution in [0.15, 0.2) is 18.2 Å². The van der Waals surface area contributed by atoms with E-state index in [2.05, 4.69) is 0 Å². The predicted octanol–water partition coefficient (Wildman–Crippen LogP) is 3.77. The van der Waals surface area contributed by atoms with E-state index in [0.29, 0.717) is 0 Å². The van der Waals surface area contributed by atoms with Gasteiger partial charge in [0.25, 0.3) is 0 Å². The summed E-state index contributed by atoms with van der Waals surface area (Å²) >= 11 is 0. The molecule has 0 radical (unpaired) electrons. The Balaban J connectivity index is 0.000000160. The Labute approximate surface area is 116 Å². The van der Waals surface area contributed by atoms with E-state index in [0.717, 1.165) is 44.6 Å². The number of rotatable bonds is 3. The maximum absolute atomic E-state index is 12.9. The van der Waals surface area contributed by atoms with Crippen molar-refractivity contribution in [2.24, 2.45) is 5.92 Å². The van der Waals surface area contributed by atoms with Crippen LogP contribution in [0.25, 0.3) is 0 Å². The fourth-order valence-corrected chi connectivity index (χ4v) is 2.11. The van der Waals surface area contributed by atoms with Crippen molar-refractivity contribution in [3.8, 4) is 5.75 Å². The molecule has 0 spiro atoms. The van der Waals surface area contributed by atoms with Gasteiger partial charge in [-0.1, -0.05) is 18.9 Å². The lowest BCUT2D eigenvalue weighted by Gasteiger charge is -2.04. The zero-order valence-corrected chi connectivity index (χ0v) is 11.1. The first-order valence-corrected chi connectivity index (χ1v) is 6.91. The van der Waals surface area contributed by atoms with Gasteiger partial charge in [0.2, 0.25) is 5.82 Å². The third kappa shape index (κ3) is 4.18. The molecule has 0 unspecified atom stereocenters. The molecule has 20 heavy (non-hydrogen) atoms. The van der Waals surface area contributed by atoms with E-state index in [1.807, 2.05) is 0 Å². The minimum Gasteiger partial charge on any atom is -0.487 e. The van der Waals surface area contributed by atoms with Gasteiger partial charge in [-0.05, 0) is 37.8 Å². The standard InChI is InChI=1S/C9H8F2O.C6H10O2/c10-7-2-1-3-8(9(7)11)12-6-4-5-6;7-6(8)5-3-1-2-4-5/h1-3,6H,4-5H2;5H,1-4H2,(H,7,8). The Kier molecular flexibility index (Phi) is 4.93. The molecule has 1 aromatic rings. The monoisotopic (exact) mass is 284 g/mol. The van der Waals surface area contributed by atoms with Crippen molar-refractivity contribution in [3.63, 3.8) is 0 Å². The second-order valence-electron chi connectivity index (χ2n) is 5.19. The van der Waals surface area contributed by atoms with Gasteiger partial charge in [-0.25, -0.2) is 4.39 Å². The smallest absolute Gasteiger partial charge is 0.306 e. The fraction of sp³-hybridized carbons (Fsp3) is 0.533. The highest BCUT2D eigenvalue weighted by Gasteiger charge is 2.25. The molecule has 0 heterocycles. The Morgan fingerprint density at radius 2 is 1.80 bits per heavy atom. The lowest BCUT2D eigenvalue weighted by atomic mass is 10.1. The van der Waals surface area contributed by atoms with Gasteiger partial charge in [0.05, 0.1) is 12.0 Å². The molecule has 3 nitrogen and oxygen atoms in total. The number of hydrogen-bond donors (Lipinski definition) is 1. The number of halogens is 2. The summed E-state index contributed by atoms with van der Waals surface area (Å²) in [5.74, 6) is -2.34. The zero-order valence-electron chi connectivity index (χ0n) is 11.1. The first-order valence-electron chi connectivity index (χ1n) is 6.91. The van der Waals surface area contributed by atoms with Gasteiger partial charge in [0, 0.05) is 0 Å². The van der Waals surface area contributed by atoms with Gasteiger partial charge in [-0.2, -0.15) is 4.39 Å². The molecule has 1 N–H and O–H groups in total. The summed E-state index contributed by atoms with van der Waals surface area (Å²) in [6.07, 6.45) is 5.99. The van der Waals surface area contributed by atoms with Crippen molar-refractivity contribution < 1.29 is 23.4 Å². The lowest BCUT2D eigenvalue weighted by molar-refractivity contribution is -0.141. The summed E-state index contributed by atoms with van der Waals surface area (Å²) < 4.78 is 30.6. The molecule has 0 atom stereocenters. The predicted molar refractivity (Wildman–Crippen MR) is 69.6 cm³/mol. The van der Waals surface area contributed by atoms with Crippen molar-refractivity contribution >= 4 is 5.97 Å². The lowest BCUT2D eigenvalue weighted by Crippen LogP contribution is -2.07. The highest BCUT2D eigenvalue weighted by molar-refractivity contribution is 5.70. The molecule has 0 aliphatic heterocycles. The van der Waals surface area contributed by atoms with Crippen LogP contribution in [0.2, 0.25) is 0 Å². The normalized spacial score (nSPS) is 18.3. The van der Waals surface area contributed by atoms with Crippen molar-refractivity contribution in [2.45, 2.75) is 44.6 Å². The molecule has 0 bridgehead atoms. The second kappa shape index (κ2) is 6.68. The van der Waals surface area contributed by atoms with Crippen LogP contribution in [-0.2, 0) is 4.79 Å². The highest BCUT2D eigenvalue weighted by Crippen LogP contribution is 2.29. The Morgan fingerprint density at radius 3 is 2.30 bits per heavy atom. The van der Waals surface area contributed by atoms with E-state index in [9.17, 15) is 13.6 Å². The van der Waals surface area contributed by atoms with E-state index < -0.39 is 17.6 Å².